The molecule has 0 fully saturated rings. The molecule has 0 saturated carbocycles. The van der Waals surface area contributed by atoms with Crippen molar-refractivity contribution in [1.29, 1.82) is 5.26 Å². The van der Waals surface area contributed by atoms with Crippen molar-refractivity contribution in [2.75, 3.05) is 5.32 Å². The number of thiocarbonyl (C=S) groups is 1. The lowest BCUT2D eigenvalue weighted by Gasteiger charge is -2.08. The van der Waals surface area contributed by atoms with Gasteiger partial charge in [-0.2, -0.15) is 5.26 Å². The molecule has 1 rings (SSSR count). The van der Waals surface area contributed by atoms with Crippen molar-refractivity contribution in [3.63, 3.8) is 0 Å². The van der Waals surface area contributed by atoms with Crippen molar-refractivity contribution in [1.82, 2.24) is 0 Å². The molecule has 0 atom stereocenters. The van der Waals surface area contributed by atoms with Crippen LogP contribution in [0, 0.1) is 11.3 Å². The first kappa shape index (κ1) is 15.1. The fraction of sp³-hybridized carbons (Fsp3) is 0.0909. The number of nitrogens with two attached hydrogens (primary N) is 1. The van der Waals surface area contributed by atoms with Crippen LogP contribution in [0.1, 0.15) is 6.92 Å². The maximum atomic E-state index is 11.1. The Morgan fingerprint density at radius 2 is 1.95 bits per heavy atom. The first-order valence-electron chi connectivity index (χ1n) is 5.00. The van der Waals surface area contributed by atoms with Crippen LogP contribution >= 0.6 is 12.2 Å². The van der Waals surface area contributed by atoms with Gasteiger partial charge in [-0.15, -0.1) is 0 Å². The monoisotopic (exact) mass is 297 g/mol. The van der Waals surface area contributed by atoms with E-state index in [0.29, 0.717) is 5.69 Å². The van der Waals surface area contributed by atoms with Gasteiger partial charge in [-0.1, -0.05) is 12.2 Å². The molecule has 0 unspecified atom stereocenters. The molecule has 0 heterocycles. The van der Waals surface area contributed by atoms with Crippen LogP contribution in [-0.2, 0) is 10.0 Å². The number of hydrogen-bond donors (Lipinski definition) is 3. The Bertz CT molecular complexity index is 666. The third-order valence-electron chi connectivity index (χ3n) is 2.14. The lowest BCUT2D eigenvalue weighted by atomic mass is 10.2. The summed E-state index contributed by atoms with van der Waals surface area (Å²) in [6, 6.07) is 7.29. The van der Waals surface area contributed by atoms with E-state index in [-0.39, 0.29) is 21.2 Å². The summed E-state index contributed by atoms with van der Waals surface area (Å²) in [4.78, 5) is 0.0178. The third kappa shape index (κ3) is 4.03. The predicted octanol–water partition coefficient (Wildman–Crippen LogP) is 1.43. The lowest BCUT2D eigenvalue weighted by Crippen LogP contribution is -2.14. The molecule has 0 aliphatic heterocycles. The van der Waals surface area contributed by atoms with Crippen molar-refractivity contribution in [2.45, 2.75) is 11.8 Å². The van der Waals surface area contributed by atoms with Gasteiger partial charge in [-0.05, 0) is 31.2 Å². The van der Waals surface area contributed by atoms with E-state index in [1.54, 1.807) is 6.07 Å². The van der Waals surface area contributed by atoms with E-state index >= 15 is 0 Å². The molecule has 100 valence electrons. The summed E-state index contributed by atoms with van der Waals surface area (Å²) in [6.45, 7) is 1.34. The molecule has 0 aromatic heterocycles. The van der Waals surface area contributed by atoms with Gasteiger partial charge >= 0.3 is 0 Å². The minimum absolute atomic E-state index is 0.0293. The standard InChI is InChI=1S/C11H11N3O3S2/c1-7(15)10(6-12)11(18)14-8-2-4-9(5-3-8)19(13,16)17/h2-5,15H,1H3,(H,14,18)(H2,13,16,17). The minimum atomic E-state index is -3.74. The van der Waals surface area contributed by atoms with Gasteiger partial charge in [0.25, 0.3) is 0 Å². The lowest BCUT2D eigenvalue weighted by molar-refractivity contribution is 0.412. The fourth-order valence-electron chi connectivity index (χ4n) is 1.22. The molecule has 0 aliphatic rings. The highest BCUT2D eigenvalue weighted by atomic mass is 32.2. The molecule has 1 aromatic carbocycles. The quantitative estimate of drug-likeness (QED) is 0.336. The van der Waals surface area contributed by atoms with Crippen LogP contribution in [0.2, 0.25) is 0 Å². The molecule has 8 heteroatoms. The second kappa shape index (κ2) is 5.79. The highest BCUT2D eigenvalue weighted by Gasteiger charge is 2.10. The number of sulfonamides is 1. The number of primary sulfonamides is 1. The number of anilines is 1. The van der Waals surface area contributed by atoms with Crippen LogP contribution in [0.4, 0.5) is 5.69 Å². The van der Waals surface area contributed by atoms with Crippen LogP contribution in [0.25, 0.3) is 0 Å². The second-order valence-corrected chi connectivity index (χ2v) is 5.57. The Labute approximate surface area is 116 Å². The van der Waals surface area contributed by atoms with E-state index in [9.17, 15) is 13.5 Å². The summed E-state index contributed by atoms with van der Waals surface area (Å²) in [5.41, 5.74) is 0.428. The van der Waals surface area contributed by atoms with Gasteiger partial charge in [0.1, 0.15) is 22.4 Å². The van der Waals surface area contributed by atoms with Crippen LogP contribution in [0.5, 0.6) is 0 Å². The zero-order valence-corrected chi connectivity index (χ0v) is 11.5. The Morgan fingerprint density at radius 3 is 2.32 bits per heavy atom. The molecule has 0 bridgehead atoms. The zero-order chi connectivity index (χ0) is 14.6. The number of allylic oxidation sites excluding steroid dienone is 1. The summed E-state index contributed by atoms with van der Waals surface area (Å²) in [6.07, 6.45) is 0. The molecular formula is C11H11N3O3S2. The molecule has 19 heavy (non-hydrogen) atoms. The van der Waals surface area contributed by atoms with E-state index in [2.05, 4.69) is 5.32 Å². The number of benzene rings is 1. The summed E-state index contributed by atoms with van der Waals surface area (Å²) in [5, 5.41) is 25.7. The van der Waals surface area contributed by atoms with Crippen molar-refractivity contribution >= 4 is 32.9 Å². The molecule has 0 spiro atoms. The normalized spacial score (nSPS) is 12.3. The molecule has 0 saturated heterocycles. The Kier molecular flexibility index (Phi) is 4.61. The van der Waals surface area contributed by atoms with Gasteiger partial charge < -0.3 is 10.4 Å². The summed E-state index contributed by atoms with van der Waals surface area (Å²) in [7, 11) is -3.74. The summed E-state index contributed by atoms with van der Waals surface area (Å²) < 4.78 is 22.1. The summed E-state index contributed by atoms with van der Waals surface area (Å²) >= 11 is 4.94. The molecule has 1 aromatic rings. The molecule has 6 nitrogen and oxygen atoms in total. The average Bonchev–Trinajstić information content (AvgIpc) is 2.28. The van der Waals surface area contributed by atoms with Crippen LogP contribution in [0.3, 0.4) is 0 Å². The Morgan fingerprint density at radius 1 is 1.42 bits per heavy atom. The number of nitrogens with one attached hydrogen (secondary N) is 1. The number of hydrogen-bond acceptors (Lipinski definition) is 5. The van der Waals surface area contributed by atoms with E-state index in [0.717, 1.165) is 0 Å². The number of nitrogens with zero attached hydrogens (tertiary/aromatic N) is 1. The van der Waals surface area contributed by atoms with E-state index < -0.39 is 10.0 Å². The van der Waals surface area contributed by atoms with Gasteiger partial charge in [-0.25, -0.2) is 13.6 Å². The van der Waals surface area contributed by atoms with Gasteiger partial charge in [0, 0.05) is 5.69 Å². The molecular weight excluding hydrogens is 286 g/mol. The maximum Gasteiger partial charge on any atom is 0.238 e. The van der Waals surface area contributed by atoms with Crippen molar-refractivity contribution < 1.29 is 13.5 Å². The first-order valence-corrected chi connectivity index (χ1v) is 6.95. The SMILES string of the molecule is CC(O)=C(C#N)C(=S)Nc1ccc(S(N)(=O)=O)cc1. The third-order valence-corrected chi connectivity index (χ3v) is 3.38. The second-order valence-electron chi connectivity index (χ2n) is 3.60. The highest BCUT2D eigenvalue weighted by Crippen LogP contribution is 2.14. The smallest absolute Gasteiger partial charge is 0.238 e. The Hall–Kier alpha value is -1.95. The number of nitriles is 1. The average molecular weight is 297 g/mol. The predicted molar refractivity (Wildman–Crippen MR) is 75.0 cm³/mol. The summed E-state index contributed by atoms with van der Waals surface area (Å²) in [5.74, 6) is -0.193. The number of rotatable bonds is 3. The number of aliphatic hydroxyl groups excluding tert-OH is 1. The number of aliphatic hydroxyl groups is 1. The topological polar surface area (TPSA) is 116 Å². The van der Waals surface area contributed by atoms with Crippen LogP contribution in [-0.4, -0.2) is 18.5 Å². The van der Waals surface area contributed by atoms with Gasteiger partial charge in [0.2, 0.25) is 10.0 Å². The van der Waals surface area contributed by atoms with Crippen LogP contribution < -0.4 is 10.5 Å². The van der Waals surface area contributed by atoms with Gasteiger partial charge in [-0.3, -0.25) is 0 Å². The van der Waals surface area contributed by atoms with E-state index in [4.69, 9.17) is 22.6 Å². The first-order chi connectivity index (χ1) is 8.75. The van der Waals surface area contributed by atoms with Gasteiger partial charge in [0.05, 0.1) is 4.90 Å². The molecule has 4 N–H and O–H groups in total. The fourth-order valence-corrected chi connectivity index (χ4v) is 2.04. The van der Waals surface area contributed by atoms with E-state index in [1.807, 2.05) is 0 Å². The highest BCUT2D eigenvalue weighted by molar-refractivity contribution is 7.89. The Balaban J connectivity index is 2.95. The largest absolute Gasteiger partial charge is 0.511 e. The van der Waals surface area contributed by atoms with Crippen molar-refractivity contribution in [3.05, 3.63) is 35.6 Å². The van der Waals surface area contributed by atoms with Crippen LogP contribution in [0.15, 0.2) is 40.5 Å². The van der Waals surface area contributed by atoms with Gasteiger partial charge in [0.15, 0.2) is 0 Å². The molecule has 0 aliphatic carbocycles. The van der Waals surface area contributed by atoms with Crippen molar-refractivity contribution in [2.24, 2.45) is 5.14 Å². The van der Waals surface area contributed by atoms with E-state index in [1.165, 1.54) is 31.2 Å². The molecule has 0 radical (unpaired) electrons. The van der Waals surface area contributed by atoms with Crippen molar-refractivity contribution in [3.8, 4) is 6.07 Å². The minimum Gasteiger partial charge on any atom is -0.511 e. The zero-order valence-electron chi connectivity index (χ0n) is 9.91. The maximum absolute atomic E-state index is 11.1. The molecule has 0 amide bonds.